The van der Waals surface area contributed by atoms with Crippen molar-refractivity contribution in [3.8, 4) is 0 Å². The summed E-state index contributed by atoms with van der Waals surface area (Å²) >= 11 is 1.25. The summed E-state index contributed by atoms with van der Waals surface area (Å²) in [6.07, 6.45) is -0.805. The molecule has 0 aliphatic carbocycles. The lowest BCUT2D eigenvalue weighted by atomic mass is 10.3. The number of carbonyl (C=O) groups excluding carboxylic acids is 2. The maximum atomic E-state index is 11.6. The van der Waals surface area contributed by atoms with Crippen molar-refractivity contribution < 1.29 is 14.3 Å². The predicted octanol–water partition coefficient (Wildman–Crippen LogP) is 0.930. The Morgan fingerprint density at radius 3 is 2.62 bits per heavy atom. The van der Waals surface area contributed by atoms with E-state index in [1.54, 1.807) is 6.07 Å². The van der Waals surface area contributed by atoms with Crippen LogP contribution in [0, 0.1) is 6.92 Å². The Morgan fingerprint density at radius 1 is 1.56 bits per heavy atom. The van der Waals surface area contributed by atoms with Crippen molar-refractivity contribution in [1.82, 2.24) is 5.32 Å². The first kappa shape index (κ1) is 12.5. The van der Waals surface area contributed by atoms with Crippen molar-refractivity contribution in [1.29, 1.82) is 0 Å². The standard InChI is InChI=1S/C10H14N2O3S/c1-5(9(13)12-3)15-10(14)8-4-7(11)6(2)16-8/h4-5H,11H2,1-3H3,(H,12,13). The zero-order chi connectivity index (χ0) is 12.3. The molecular weight excluding hydrogens is 228 g/mol. The van der Waals surface area contributed by atoms with E-state index in [1.165, 1.54) is 25.3 Å². The number of hydrogen-bond acceptors (Lipinski definition) is 5. The molecule has 1 aromatic rings. The molecule has 1 rings (SSSR count). The molecule has 1 amide bonds. The molecule has 0 aliphatic rings. The number of hydrogen-bond donors (Lipinski definition) is 2. The van der Waals surface area contributed by atoms with Crippen molar-refractivity contribution >= 4 is 28.9 Å². The molecule has 1 heterocycles. The molecular formula is C10H14N2O3S. The van der Waals surface area contributed by atoms with Crippen LogP contribution in [0.1, 0.15) is 21.5 Å². The molecule has 6 heteroatoms. The number of nitrogens with two attached hydrogens (primary N) is 1. The largest absolute Gasteiger partial charge is 0.448 e. The van der Waals surface area contributed by atoms with Gasteiger partial charge in [0, 0.05) is 17.6 Å². The summed E-state index contributed by atoms with van der Waals surface area (Å²) in [6.45, 7) is 3.33. The third kappa shape index (κ3) is 2.73. The first-order chi connectivity index (χ1) is 7.45. The second kappa shape index (κ2) is 4.98. The Hall–Kier alpha value is -1.56. The van der Waals surface area contributed by atoms with Gasteiger partial charge in [-0.25, -0.2) is 4.79 Å². The Labute approximate surface area is 97.6 Å². The molecule has 0 saturated heterocycles. The average Bonchev–Trinajstić information content (AvgIpc) is 2.58. The Morgan fingerprint density at radius 2 is 2.19 bits per heavy atom. The maximum Gasteiger partial charge on any atom is 0.349 e. The molecule has 0 fully saturated rings. The third-order valence-corrected chi connectivity index (χ3v) is 3.10. The number of anilines is 1. The van der Waals surface area contributed by atoms with Gasteiger partial charge in [-0.15, -0.1) is 11.3 Å². The predicted molar refractivity (Wildman–Crippen MR) is 62.4 cm³/mol. The molecule has 88 valence electrons. The lowest BCUT2D eigenvalue weighted by molar-refractivity contribution is -0.128. The van der Waals surface area contributed by atoms with E-state index in [9.17, 15) is 9.59 Å². The number of amides is 1. The number of ether oxygens (including phenoxy) is 1. The fourth-order valence-corrected chi connectivity index (χ4v) is 1.90. The normalized spacial score (nSPS) is 11.9. The lowest BCUT2D eigenvalue weighted by Gasteiger charge is -2.10. The maximum absolute atomic E-state index is 11.6. The fourth-order valence-electron chi connectivity index (χ4n) is 1.07. The van der Waals surface area contributed by atoms with Crippen LogP contribution in [0.2, 0.25) is 0 Å². The summed E-state index contributed by atoms with van der Waals surface area (Å²) in [5.41, 5.74) is 6.18. The first-order valence-corrected chi connectivity index (χ1v) is 5.55. The number of nitrogens with one attached hydrogen (secondary N) is 1. The van der Waals surface area contributed by atoms with Crippen LogP contribution in [-0.4, -0.2) is 25.0 Å². The highest BCUT2D eigenvalue weighted by molar-refractivity contribution is 7.14. The number of esters is 1. The van der Waals surface area contributed by atoms with E-state index in [4.69, 9.17) is 10.5 Å². The van der Waals surface area contributed by atoms with Gasteiger partial charge < -0.3 is 15.8 Å². The number of nitrogen functional groups attached to an aromatic ring is 1. The van der Waals surface area contributed by atoms with Gasteiger partial charge in [-0.05, 0) is 19.9 Å². The molecule has 3 N–H and O–H groups in total. The number of rotatable bonds is 3. The highest BCUT2D eigenvalue weighted by Gasteiger charge is 2.19. The number of likely N-dealkylation sites (N-methyl/N-ethyl adjacent to an activating group) is 1. The minimum absolute atomic E-state index is 0.338. The van der Waals surface area contributed by atoms with Gasteiger partial charge in [-0.2, -0.15) is 0 Å². The van der Waals surface area contributed by atoms with Crippen molar-refractivity contribution in [2.75, 3.05) is 12.8 Å². The zero-order valence-electron chi connectivity index (χ0n) is 9.37. The van der Waals surface area contributed by atoms with Gasteiger partial charge in [-0.3, -0.25) is 4.79 Å². The van der Waals surface area contributed by atoms with Crippen molar-refractivity contribution in [3.05, 3.63) is 15.8 Å². The second-order valence-corrected chi connectivity index (χ2v) is 4.54. The van der Waals surface area contributed by atoms with Gasteiger partial charge >= 0.3 is 5.97 Å². The summed E-state index contributed by atoms with van der Waals surface area (Å²) < 4.78 is 4.96. The van der Waals surface area contributed by atoms with Gasteiger partial charge in [0.05, 0.1) is 0 Å². The molecule has 1 aromatic heterocycles. The third-order valence-electron chi connectivity index (χ3n) is 2.06. The lowest BCUT2D eigenvalue weighted by Crippen LogP contribution is -2.33. The molecule has 1 atom stereocenters. The van der Waals surface area contributed by atoms with Crippen LogP contribution in [-0.2, 0) is 9.53 Å². The molecule has 16 heavy (non-hydrogen) atoms. The summed E-state index contributed by atoms with van der Waals surface area (Å²) in [5.74, 6) is -0.865. The Kier molecular flexibility index (Phi) is 3.89. The summed E-state index contributed by atoms with van der Waals surface area (Å²) in [4.78, 5) is 24.0. The topological polar surface area (TPSA) is 81.4 Å². The van der Waals surface area contributed by atoms with Crippen LogP contribution in [0.25, 0.3) is 0 Å². The van der Waals surface area contributed by atoms with Crippen LogP contribution in [0.3, 0.4) is 0 Å². The average molecular weight is 242 g/mol. The highest BCUT2D eigenvalue weighted by atomic mass is 32.1. The fraction of sp³-hybridized carbons (Fsp3) is 0.400. The van der Waals surface area contributed by atoms with E-state index < -0.39 is 12.1 Å². The monoisotopic (exact) mass is 242 g/mol. The van der Waals surface area contributed by atoms with E-state index in [0.29, 0.717) is 10.6 Å². The molecule has 0 aliphatic heterocycles. The van der Waals surface area contributed by atoms with Gasteiger partial charge in [0.2, 0.25) is 0 Å². The zero-order valence-corrected chi connectivity index (χ0v) is 10.2. The van der Waals surface area contributed by atoms with Crippen LogP contribution >= 0.6 is 11.3 Å². The van der Waals surface area contributed by atoms with Crippen molar-refractivity contribution in [2.24, 2.45) is 0 Å². The molecule has 0 bridgehead atoms. The van der Waals surface area contributed by atoms with Gasteiger partial charge in [0.1, 0.15) is 4.88 Å². The van der Waals surface area contributed by atoms with Crippen LogP contribution < -0.4 is 11.1 Å². The molecule has 1 unspecified atom stereocenters. The summed E-state index contributed by atoms with van der Waals surface area (Å²) in [7, 11) is 1.49. The van der Waals surface area contributed by atoms with E-state index in [1.807, 2.05) is 6.92 Å². The smallest absolute Gasteiger partial charge is 0.349 e. The first-order valence-electron chi connectivity index (χ1n) is 4.74. The quantitative estimate of drug-likeness (QED) is 0.773. The highest BCUT2D eigenvalue weighted by Crippen LogP contribution is 2.24. The van der Waals surface area contributed by atoms with Crippen LogP contribution in [0.5, 0.6) is 0 Å². The molecule has 0 saturated carbocycles. The van der Waals surface area contributed by atoms with E-state index in [0.717, 1.165) is 4.88 Å². The molecule has 5 nitrogen and oxygen atoms in total. The minimum atomic E-state index is -0.805. The van der Waals surface area contributed by atoms with Gasteiger partial charge in [0.25, 0.3) is 5.91 Å². The number of carbonyl (C=O) groups is 2. The Bertz CT molecular complexity index is 395. The number of aryl methyl sites for hydroxylation is 1. The molecule has 0 radical (unpaired) electrons. The second-order valence-electron chi connectivity index (χ2n) is 3.28. The molecule has 0 spiro atoms. The van der Waals surface area contributed by atoms with E-state index >= 15 is 0 Å². The van der Waals surface area contributed by atoms with Crippen molar-refractivity contribution in [3.63, 3.8) is 0 Å². The van der Waals surface area contributed by atoms with Crippen LogP contribution in [0.15, 0.2) is 6.07 Å². The van der Waals surface area contributed by atoms with Crippen molar-refractivity contribution in [2.45, 2.75) is 20.0 Å². The SMILES string of the molecule is CNC(=O)C(C)OC(=O)c1cc(N)c(C)s1. The van der Waals surface area contributed by atoms with E-state index in [-0.39, 0.29) is 5.91 Å². The van der Waals surface area contributed by atoms with Crippen LogP contribution in [0.4, 0.5) is 5.69 Å². The number of thiophene rings is 1. The summed E-state index contributed by atoms with van der Waals surface area (Å²) in [5, 5.41) is 2.40. The van der Waals surface area contributed by atoms with Gasteiger partial charge in [0.15, 0.2) is 6.10 Å². The summed E-state index contributed by atoms with van der Waals surface area (Å²) in [6, 6.07) is 1.55. The van der Waals surface area contributed by atoms with Gasteiger partial charge in [-0.1, -0.05) is 0 Å². The minimum Gasteiger partial charge on any atom is -0.448 e. The Balaban J connectivity index is 2.69. The van der Waals surface area contributed by atoms with E-state index in [2.05, 4.69) is 5.32 Å². The molecule has 0 aromatic carbocycles.